The number of benzene rings is 2. The van der Waals surface area contributed by atoms with Crippen LogP contribution in [0.25, 0.3) is 0 Å². The third-order valence-corrected chi connectivity index (χ3v) is 6.29. The molecule has 156 valence electrons. The van der Waals surface area contributed by atoms with Crippen LogP contribution >= 0.6 is 23.2 Å². The fourth-order valence-electron chi connectivity index (χ4n) is 2.77. The largest absolute Gasteiger partial charge is 0.287 e. The minimum absolute atomic E-state index is 0.00217. The van der Waals surface area contributed by atoms with Crippen LogP contribution in [0.2, 0.25) is 10.0 Å². The van der Waals surface area contributed by atoms with E-state index in [1.807, 2.05) is 20.8 Å². The fourth-order valence-corrected chi connectivity index (χ4v) is 4.12. The molecule has 2 aromatic carbocycles. The first-order chi connectivity index (χ1) is 14.0. The highest BCUT2D eigenvalue weighted by Gasteiger charge is 2.22. The Hall–Kier alpha value is -2.41. The molecule has 0 saturated heterocycles. The summed E-state index contributed by atoms with van der Waals surface area (Å²) in [7, 11) is -3.96. The Morgan fingerprint density at radius 2 is 1.53 bits per heavy atom. The molecule has 1 aromatic heterocycles. The van der Waals surface area contributed by atoms with E-state index in [1.165, 1.54) is 24.4 Å². The fraction of sp³-hybridized carbons (Fsp3) is 0.182. The Balaban J connectivity index is 1.97. The molecule has 0 amide bonds. The summed E-state index contributed by atoms with van der Waals surface area (Å²) in [5.41, 5.74) is 1.16. The van der Waals surface area contributed by atoms with Gasteiger partial charge in [0.15, 0.2) is 0 Å². The maximum absolute atomic E-state index is 12.9. The average Bonchev–Trinajstić information content (AvgIpc) is 2.67. The van der Waals surface area contributed by atoms with E-state index in [-0.39, 0.29) is 26.7 Å². The van der Waals surface area contributed by atoms with Gasteiger partial charge in [-0.2, -0.15) is 0 Å². The van der Waals surface area contributed by atoms with Gasteiger partial charge in [0.1, 0.15) is 5.69 Å². The number of sulfonamides is 1. The molecule has 5 nitrogen and oxygen atoms in total. The first-order valence-electron chi connectivity index (χ1n) is 9.06. The summed E-state index contributed by atoms with van der Waals surface area (Å²) in [6.07, 6.45) is 1.29. The topological polar surface area (TPSA) is 76.1 Å². The zero-order valence-corrected chi connectivity index (χ0v) is 18.9. The van der Waals surface area contributed by atoms with E-state index >= 15 is 0 Å². The molecule has 0 bridgehead atoms. The van der Waals surface area contributed by atoms with Crippen LogP contribution in [0, 0.1) is 0 Å². The molecule has 0 saturated carbocycles. The van der Waals surface area contributed by atoms with Crippen LogP contribution in [0.15, 0.2) is 65.7 Å². The van der Waals surface area contributed by atoms with Crippen LogP contribution in [-0.4, -0.2) is 19.2 Å². The van der Waals surface area contributed by atoms with E-state index in [4.69, 9.17) is 23.2 Å². The average molecular weight is 463 g/mol. The Morgan fingerprint density at radius 3 is 2.10 bits per heavy atom. The molecular weight excluding hydrogens is 443 g/mol. The third kappa shape index (κ3) is 5.01. The molecular formula is C22H20Cl2N2O3S. The van der Waals surface area contributed by atoms with E-state index in [1.54, 1.807) is 36.4 Å². The van der Waals surface area contributed by atoms with Gasteiger partial charge in [0.2, 0.25) is 5.78 Å². The van der Waals surface area contributed by atoms with Crippen molar-refractivity contribution in [2.75, 3.05) is 4.72 Å². The van der Waals surface area contributed by atoms with E-state index in [2.05, 4.69) is 9.71 Å². The predicted molar refractivity (Wildman–Crippen MR) is 120 cm³/mol. The molecule has 8 heteroatoms. The number of pyridine rings is 1. The molecule has 0 aliphatic rings. The number of hydrogen-bond acceptors (Lipinski definition) is 4. The monoisotopic (exact) mass is 462 g/mol. The van der Waals surface area contributed by atoms with Crippen molar-refractivity contribution in [1.29, 1.82) is 0 Å². The van der Waals surface area contributed by atoms with Crippen LogP contribution in [0.4, 0.5) is 5.69 Å². The van der Waals surface area contributed by atoms with Gasteiger partial charge < -0.3 is 0 Å². The minimum Gasteiger partial charge on any atom is -0.287 e. The summed E-state index contributed by atoms with van der Waals surface area (Å²) < 4.78 is 28.3. The van der Waals surface area contributed by atoms with Crippen LogP contribution in [0.1, 0.15) is 42.4 Å². The second-order valence-corrected chi connectivity index (χ2v) is 10.3. The van der Waals surface area contributed by atoms with Crippen molar-refractivity contribution in [3.8, 4) is 0 Å². The van der Waals surface area contributed by atoms with Crippen molar-refractivity contribution in [2.24, 2.45) is 0 Å². The zero-order chi connectivity index (χ0) is 22.1. The van der Waals surface area contributed by atoms with Crippen LogP contribution in [-0.2, 0) is 15.4 Å². The molecule has 0 aliphatic carbocycles. The Morgan fingerprint density at radius 1 is 0.933 bits per heavy atom. The lowest BCUT2D eigenvalue weighted by Gasteiger charge is -2.19. The number of aromatic nitrogens is 1. The molecule has 0 atom stereocenters. The van der Waals surface area contributed by atoms with Gasteiger partial charge in [-0.25, -0.2) is 13.4 Å². The van der Waals surface area contributed by atoms with E-state index in [0.29, 0.717) is 10.6 Å². The molecule has 0 aliphatic heterocycles. The standard InChI is InChI=1S/C22H20Cl2N2O3S/c1-22(2,3)15-6-10-18(11-7-15)30(28,29)26-19-12-17(24)13-25-20(19)21(27)14-4-8-16(23)9-5-14/h4-13,26H,1-3H3. The molecule has 0 unspecified atom stereocenters. The van der Waals surface area contributed by atoms with Gasteiger partial charge in [-0.15, -0.1) is 0 Å². The lowest BCUT2D eigenvalue weighted by atomic mass is 9.87. The SMILES string of the molecule is CC(C)(C)c1ccc(S(=O)(=O)Nc2cc(Cl)cnc2C(=O)c2ccc(Cl)cc2)cc1. The van der Waals surface area contributed by atoms with Crippen molar-refractivity contribution in [2.45, 2.75) is 31.1 Å². The highest BCUT2D eigenvalue weighted by atomic mass is 35.5. The second kappa shape index (κ2) is 8.38. The molecule has 30 heavy (non-hydrogen) atoms. The molecule has 0 radical (unpaired) electrons. The van der Waals surface area contributed by atoms with Crippen LogP contribution < -0.4 is 4.72 Å². The Labute approximate surface area is 186 Å². The first kappa shape index (κ1) is 22.3. The zero-order valence-electron chi connectivity index (χ0n) is 16.6. The smallest absolute Gasteiger partial charge is 0.261 e. The van der Waals surface area contributed by atoms with E-state index < -0.39 is 15.8 Å². The lowest BCUT2D eigenvalue weighted by molar-refractivity contribution is 0.103. The van der Waals surface area contributed by atoms with Gasteiger partial charge in [-0.3, -0.25) is 9.52 Å². The van der Waals surface area contributed by atoms with Gasteiger partial charge in [0.05, 0.1) is 15.6 Å². The highest BCUT2D eigenvalue weighted by molar-refractivity contribution is 7.92. The summed E-state index contributed by atoms with van der Waals surface area (Å²) in [5, 5.41) is 0.679. The Bertz CT molecular complexity index is 1180. The van der Waals surface area contributed by atoms with Gasteiger partial charge in [-0.1, -0.05) is 56.1 Å². The number of carbonyl (C=O) groups excluding carboxylic acids is 1. The number of nitrogens with one attached hydrogen (secondary N) is 1. The van der Waals surface area contributed by atoms with Crippen LogP contribution in [0.3, 0.4) is 0 Å². The maximum atomic E-state index is 12.9. The lowest BCUT2D eigenvalue weighted by Crippen LogP contribution is -2.17. The summed E-state index contributed by atoms with van der Waals surface area (Å²) in [6, 6.07) is 14.2. The molecule has 1 N–H and O–H groups in total. The number of carbonyl (C=O) groups is 1. The van der Waals surface area contributed by atoms with Crippen molar-refractivity contribution in [3.63, 3.8) is 0 Å². The van der Waals surface area contributed by atoms with E-state index in [9.17, 15) is 13.2 Å². The molecule has 3 rings (SSSR count). The normalized spacial score (nSPS) is 11.9. The number of anilines is 1. The van der Waals surface area contributed by atoms with Crippen molar-refractivity contribution < 1.29 is 13.2 Å². The van der Waals surface area contributed by atoms with Crippen molar-refractivity contribution in [1.82, 2.24) is 4.98 Å². The first-order valence-corrected chi connectivity index (χ1v) is 11.3. The molecule has 3 aromatic rings. The molecule has 1 heterocycles. The quantitative estimate of drug-likeness (QED) is 0.492. The maximum Gasteiger partial charge on any atom is 0.261 e. The number of nitrogens with zero attached hydrogens (tertiary/aromatic N) is 1. The highest BCUT2D eigenvalue weighted by Crippen LogP contribution is 2.27. The predicted octanol–water partition coefficient (Wildman–Crippen LogP) is 5.72. The molecule has 0 spiro atoms. The number of rotatable bonds is 5. The molecule has 0 fully saturated rings. The second-order valence-electron chi connectivity index (χ2n) is 7.77. The van der Waals surface area contributed by atoms with E-state index in [0.717, 1.165) is 5.56 Å². The number of ketones is 1. The summed E-state index contributed by atoms with van der Waals surface area (Å²) >= 11 is 11.9. The minimum atomic E-state index is -3.96. The van der Waals surface area contributed by atoms with Gasteiger partial charge in [0.25, 0.3) is 10.0 Å². The van der Waals surface area contributed by atoms with Gasteiger partial charge in [-0.05, 0) is 53.4 Å². The Kier molecular flexibility index (Phi) is 6.22. The van der Waals surface area contributed by atoms with Gasteiger partial charge >= 0.3 is 0 Å². The van der Waals surface area contributed by atoms with Crippen molar-refractivity contribution in [3.05, 3.63) is 87.7 Å². The van der Waals surface area contributed by atoms with Crippen LogP contribution in [0.5, 0.6) is 0 Å². The summed E-state index contributed by atoms with van der Waals surface area (Å²) in [6.45, 7) is 6.13. The van der Waals surface area contributed by atoms with Gasteiger partial charge in [0, 0.05) is 16.8 Å². The van der Waals surface area contributed by atoms with Crippen molar-refractivity contribution >= 4 is 44.7 Å². The number of halogens is 2. The third-order valence-electron chi connectivity index (χ3n) is 4.45. The summed E-state index contributed by atoms with van der Waals surface area (Å²) in [5.74, 6) is -0.455. The summed E-state index contributed by atoms with van der Waals surface area (Å²) in [4.78, 5) is 17.0. The number of hydrogen-bond donors (Lipinski definition) is 1.